The van der Waals surface area contributed by atoms with Gasteiger partial charge in [0.15, 0.2) is 4.34 Å². The van der Waals surface area contributed by atoms with Gasteiger partial charge in [-0.1, -0.05) is 35.5 Å². The number of fused-ring (bicyclic) bond motifs is 1. The smallest absolute Gasteiger partial charge is 0.323 e. The number of nitrogens with one attached hydrogen (secondary N) is 3. The molecule has 0 saturated heterocycles. The van der Waals surface area contributed by atoms with E-state index in [0.717, 1.165) is 10.2 Å². The normalized spacial score (nSPS) is 10.7. The van der Waals surface area contributed by atoms with Crippen LogP contribution in [-0.4, -0.2) is 22.7 Å². The highest BCUT2D eigenvalue weighted by molar-refractivity contribution is 8.01. The van der Waals surface area contributed by atoms with Crippen LogP contribution >= 0.6 is 34.7 Å². The number of hydrogen-bond acceptors (Lipinski definition) is 5. The van der Waals surface area contributed by atoms with Crippen molar-refractivity contribution in [2.75, 3.05) is 21.7 Å². The van der Waals surface area contributed by atoms with E-state index in [9.17, 15) is 14.0 Å². The fourth-order valence-corrected chi connectivity index (χ4v) is 4.78. The van der Waals surface area contributed by atoms with Crippen LogP contribution in [0.15, 0.2) is 71.1 Å². The first-order chi connectivity index (χ1) is 15.5. The molecule has 0 aliphatic carbocycles. The number of carbonyl (C=O) groups excluding carboxylic acids is 2. The monoisotopic (exact) mass is 486 g/mol. The third-order valence-electron chi connectivity index (χ3n) is 4.20. The molecule has 4 aromatic rings. The summed E-state index contributed by atoms with van der Waals surface area (Å²) < 4.78 is 15.2. The Morgan fingerprint density at radius 1 is 0.969 bits per heavy atom. The van der Waals surface area contributed by atoms with Crippen LogP contribution in [0.5, 0.6) is 0 Å². The second kappa shape index (κ2) is 9.99. The topological polar surface area (TPSA) is 83.1 Å². The predicted molar refractivity (Wildman–Crippen MR) is 129 cm³/mol. The molecule has 3 N–H and O–H groups in total. The third kappa shape index (κ3) is 5.76. The van der Waals surface area contributed by atoms with Crippen molar-refractivity contribution in [3.05, 3.63) is 77.6 Å². The maximum Gasteiger partial charge on any atom is 0.323 e. The first-order valence-electron chi connectivity index (χ1n) is 9.37. The number of halogens is 2. The Morgan fingerprint density at radius 2 is 1.69 bits per heavy atom. The largest absolute Gasteiger partial charge is 0.323 e. The maximum atomic E-state index is 13.6. The van der Waals surface area contributed by atoms with Crippen molar-refractivity contribution in [2.45, 2.75) is 4.34 Å². The standard InChI is InChI=1S/C22H16ClFN4O2S2/c23-13-5-7-14(8-6-13)25-21(30)26-15-9-10-18-19(11-15)32-22(28-18)31-12-20(29)27-17-4-2-1-3-16(17)24/h1-11H,12H2,(H,27,29)(H2,25,26,30). The van der Waals surface area contributed by atoms with Gasteiger partial charge in [0.25, 0.3) is 0 Å². The molecule has 0 atom stereocenters. The zero-order valence-electron chi connectivity index (χ0n) is 16.4. The van der Waals surface area contributed by atoms with Gasteiger partial charge in [0.2, 0.25) is 5.91 Å². The van der Waals surface area contributed by atoms with Crippen molar-refractivity contribution in [1.29, 1.82) is 0 Å². The summed E-state index contributed by atoms with van der Waals surface area (Å²) in [6, 6.07) is 17.8. The molecule has 162 valence electrons. The van der Waals surface area contributed by atoms with E-state index >= 15 is 0 Å². The number of thioether (sulfide) groups is 1. The number of anilines is 3. The van der Waals surface area contributed by atoms with Crippen molar-refractivity contribution in [3.63, 3.8) is 0 Å². The quantitative estimate of drug-likeness (QED) is 0.273. The zero-order chi connectivity index (χ0) is 22.5. The Balaban J connectivity index is 1.35. The number of benzene rings is 3. The van der Waals surface area contributed by atoms with E-state index in [1.54, 1.807) is 48.5 Å². The van der Waals surface area contributed by atoms with Crippen LogP contribution in [-0.2, 0) is 4.79 Å². The Labute approximate surface area is 196 Å². The van der Waals surface area contributed by atoms with E-state index in [1.165, 1.54) is 35.2 Å². The number of amides is 3. The molecular weight excluding hydrogens is 471 g/mol. The van der Waals surface area contributed by atoms with Crippen LogP contribution < -0.4 is 16.0 Å². The lowest BCUT2D eigenvalue weighted by molar-refractivity contribution is -0.113. The van der Waals surface area contributed by atoms with E-state index in [1.807, 2.05) is 6.07 Å². The second-order valence-corrected chi connectivity index (χ2v) is 9.25. The van der Waals surface area contributed by atoms with Crippen LogP contribution in [0.2, 0.25) is 5.02 Å². The molecule has 1 aromatic heterocycles. The molecule has 4 rings (SSSR count). The average molecular weight is 487 g/mol. The minimum absolute atomic E-state index is 0.1000. The lowest BCUT2D eigenvalue weighted by atomic mass is 10.3. The van der Waals surface area contributed by atoms with Crippen LogP contribution in [0.3, 0.4) is 0 Å². The van der Waals surface area contributed by atoms with E-state index in [4.69, 9.17) is 11.6 Å². The Bertz CT molecular complexity index is 1280. The summed E-state index contributed by atoms with van der Waals surface area (Å²) in [4.78, 5) is 28.8. The average Bonchev–Trinajstić information content (AvgIpc) is 3.18. The van der Waals surface area contributed by atoms with Crippen LogP contribution in [0.4, 0.5) is 26.2 Å². The summed E-state index contributed by atoms with van der Waals surface area (Å²) in [7, 11) is 0. The molecule has 0 aliphatic rings. The number of thiazole rings is 1. The molecule has 3 amide bonds. The number of urea groups is 1. The second-order valence-electron chi connectivity index (χ2n) is 6.56. The Morgan fingerprint density at radius 3 is 2.47 bits per heavy atom. The maximum absolute atomic E-state index is 13.6. The van der Waals surface area contributed by atoms with Gasteiger partial charge in [-0.25, -0.2) is 14.2 Å². The van der Waals surface area contributed by atoms with Gasteiger partial charge in [0.05, 0.1) is 21.7 Å². The summed E-state index contributed by atoms with van der Waals surface area (Å²) in [5.41, 5.74) is 2.14. The van der Waals surface area contributed by atoms with Crippen molar-refractivity contribution >= 4 is 73.9 Å². The highest BCUT2D eigenvalue weighted by Gasteiger charge is 2.11. The summed E-state index contributed by atoms with van der Waals surface area (Å²) in [6.07, 6.45) is 0. The molecule has 10 heteroatoms. The number of carbonyl (C=O) groups is 2. The lowest BCUT2D eigenvalue weighted by Crippen LogP contribution is -2.19. The van der Waals surface area contributed by atoms with E-state index in [2.05, 4.69) is 20.9 Å². The molecule has 0 unspecified atom stereocenters. The van der Waals surface area contributed by atoms with Gasteiger partial charge >= 0.3 is 6.03 Å². The van der Waals surface area contributed by atoms with Gasteiger partial charge in [0, 0.05) is 16.4 Å². The highest BCUT2D eigenvalue weighted by atomic mass is 35.5. The summed E-state index contributed by atoms with van der Waals surface area (Å²) in [6.45, 7) is 0. The van der Waals surface area contributed by atoms with Crippen molar-refractivity contribution in [2.24, 2.45) is 0 Å². The van der Waals surface area contributed by atoms with Gasteiger partial charge in [-0.2, -0.15) is 0 Å². The first kappa shape index (κ1) is 22.1. The van der Waals surface area contributed by atoms with Gasteiger partial charge in [-0.05, 0) is 54.6 Å². The minimum atomic E-state index is -0.481. The first-order valence-corrected chi connectivity index (χ1v) is 11.6. The molecule has 1 heterocycles. The molecule has 3 aromatic carbocycles. The molecule has 0 fully saturated rings. The fraction of sp³-hybridized carbons (Fsp3) is 0.0455. The number of aromatic nitrogens is 1. The molecule has 0 bridgehead atoms. The molecule has 0 aliphatic heterocycles. The summed E-state index contributed by atoms with van der Waals surface area (Å²) in [5.74, 6) is -0.700. The highest BCUT2D eigenvalue weighted by Crippen LogP contribution is 2.31. The number of rotatable bonds is 6. The van der Waals surface area contributed by atoms with Crippen LogP contribution in [0.1, 0.15) is 0 Å². The SMILES string of the molecule is O=C(CSc1nc2ccc(NC(=O)Nc3ccc(Cl)cc3)cc2s1)Nc1ccccc1F. The van der Waals surface area contributed by atoms with Gasteiger partial charge < -0.3 is 16.0 Å². The molecule has 0 spiro atoms. The van der Waals surface area contributed by atoms with Gasteiger partial charge in [0.1, 0.15) is 5.82 Å². The molecular formula is C22H16ClFN4O2S2. The molecule has 0 saturated carbocycles. The number of nitrogens with zero attached hydrogens (tertiary/aromatic N) is 1. The third-order valence-corrected chi connectivity index (χ3v) is 6.62. The van der Waals surface area contributed by atoms with Crippen LogP contribution in [0, 0.1) is 5.82 Å². The van der Waals surface area contributed by atoms with Crippen LogP contribution in [0.25, 0.3) is 10.2 Å². The van der Waals surface area contributed by atoms with Crippen molar-refractivity contribution in [3.8, 4) is 0 Å². The van der Waals surface area contributed by atoms with Gasteiger partial charge in [-0.3, -0.25) is 4.79 Å². The number of para-hydroxylation sites is 1. The molecule has 32 heavy (non-hydrogen) atoms. The van der Waals surface area contributed by atoms with E-state index in [-0.39, 0.29) is 23.4 Å². The molecule has 6 nitrogen and oxygen atoms in total. The van der Waals surface area contributed by atoms with E-state index in [0.29, 0.717) is 20.7 Å². The van der Waals surface area contributed by atoms with Crippen molar-refractivity contribution < 1.29 is 14.0 Å². The summed E-state index contributed by atoms with van der Waals surface area (Å²) >= 11 is 8.52. The van der Waals surface area contributed by atoms with Gasteiger partial charge in [-0.15, -0.1) is 11.3 Å². The Hall–Kier alpha value is -3.14. The summed E-state index contributed by atoms with van der Waals surface area (Å²) in [5, 5.41) is 8.65. The zero-order valence-corrected chi connectivity index (χ0v) is 18.8. The lowest BCUT2D eigenvalue weighted by Gasteiger charge is -2.07. The molecule has 0 radical (unpaired) electrons. The fourth-order valence-electron chi connectivity index (χ4n) is 2.75. The predicted octanol–water partition coefficient (Wildman–Crippen LogP) is 6.46. The number of hydrogen-bond donors (Lipinski definition) is 3. The Kier molecular flexibility index (Phi) is 6.89. The van der Waals surface area contributed by atoms with E-state index < -0.39 is 5.82 Å². The van der Waals surface area contributed by atoms with Crippen molar-refractivity contribution in [1.82, 2.24) is 4.98 Å². The minimum Gasteiger partial charge on any atom is -0.323 e.